The fourth-order valence-corrected chi connectivity index (χ4v) is 3.12. The summed E-state index contributed by atoms with van der Waals surface area (Å²) >= 11 is 0. The zero-order valence-electron chi connectivity index (χ0n) is 16.2. The van der Waals surface area contributed by atoms with Crippen LogP contribution < -0.4 is 9.64 Å². The molecule has 0 aliphatic heterocycles. The molecule has 0 saturated heterocycles. The molecule has 0 bridgehead atoms. The van der Waals surface area contributed by atoms with E-state index < -0.39 is 29.4 Å². The maximum Gasteiger partial charge on any atom is 0.437 e. The highest BCUT2D eigenvalue weighted by Crippen LogP contribution is 2.43. The fourth-order valence-electron chi connectivity index (χ4n) is 3.12. The lowest BCUT2D eigenvalue weighted by Gasteiger charge is -2.25. The van der Waals surface area contributed by atoms with Gasteiger partial charge in [-0.15, -0.1) is 0 Å². The third kappa shape index (κ3) is 3.90. The molecule has 0 N–H and O–H groups in total. The second-order valence-corrected chi connectivity index (χ2v) is 6.53. The van der Waals surface area contributed by atoms with Crippen molar-refractivity contribution in [2.75, 3.05) is 12.0 Å². The number of aromatic nitrogens is 4. The number of hydrogen-bond acceptors (Lipinski definition) is 5. The van der Waals surface area contributed by atoms with Gasteiger partial charge in [-0.25, -0.2) is 15.0 Å². The number of alkyl halides is 6. The molecule has 1 aromatic carbocycles. The molecular formula is C20H13F6N5O. The SMILES string of the molecule is COc1ccc2nc(C(F)(F)F)c(N(c3ccc(C(F)(F)F)cc3)c3ccncn3)n2c1. The predicted molar refractivity (Wildman–Crippen MR) is 102 cm³/mol. The average Bonchev–Trinajstić information content (AvgIpc) is 3.13. The van der Waals surface area contributed by atoms with Crippen LogP contribution in [0.4, 0.5) is 43.7 Å². The third-order valence-electron chi connectivity index (χ3n) is 4.53. The molecule has 4 rings (SSSR count). The quantitative estimate of drug-likeness (QED) is 0.375. The molecule has 0 aliphatic carbocycles. The highest BCUT2D eigenvalue weighted by Gasteiger charge is 2.41. The smallest absolute Gasteiger partial charge is 0.437 e. The molecule has 12 heteroatoms. The van der Waals surface area contributed by atoms with Gasteiger partial charge in [0, 0.05) is 11.9 Å². The number of anilines is 3. The molecule has 0 saturated carbocycles. The molecule has 0 fully saturated rings. The molecule has 0 atom stereocenters. The summed E-state index contributed by atoms with van der Waals surface area (Å²) in [4.78, 5) is 12.5. The lowest BCUT2D eigenvalue weighted by molar-refractivity contribution is -0.140. The monoisotopic (exact) mass is 453 g/mol. The van der Waals surface area contributed by atoms with Crippen molar-refractivity contribution in [3.8, 4) is 5.75 Å². The van der Waals surface area contributed by atoms with E-state index in [9.17, 15) is 26.3 Å². The zero-order valence-corrected chi connectivity index (χ0v) is 16.2. The molecule has 166 valence electrons. The van der Waals surface area contributed by atoms with Gasteiger partial charge in [0.2, 0.25) is 0 Å². The van der Waals surface area contributed by atoms with Crippen LogP contribution in [0.5, 0.6) is 5.75 Å². The van der Waals surface area contributed by atoms with Gasteiger partial charge in [0.05, 0.1) is 18.9 Å². The van der Waals surface area contributed by atoms with Gasteiger partial charge in [-0.1, -0.05) is 0 Å². The van der Waals surface area contributed by atoms with Crippen LogP contribution in [0.3, 0.4) is 0 Å². The molecule has 0 unspecified atom stereocenters. The van der Waals surface area contributed by atoms with Crippen molar-refractivity contribution in [2.24, 2.45) is 0 Å². The largest absolute Gasteiger partial charge is 0.495 e. The van der Waals surface area contributed by atoms with Gasteiger partial charge in [0.15, 0.2) is 11.5 Å². The molecule has 0 amide bonds. The van der Waals surface area contributed by atoms with Gasteiger partial charge in [-0.2, -0.15) is 26.3 Å². The van der Waals surface area contributed by atoms with E-state index in [-0.39, 0.29) is 22.9 Å². The molecule has 0 aliphatic rings. The lowest BCUT2D eigenvalue weighted by Crippen LogP contribution is -2.19. The molecule has 32 heavy (non-hydrogen) atoms. The number of pyridine rings is 1. The first-order chi connectivity index (χ1) is 15.1. The highest BCUT2D eigenvalue weighted by atomic mass is 19.4. The number of benzene rings is 1. The Kier molecular flexibility index (Phi) is 5.15. The van der Waals surface area contributed by atoms with Gasteiger partial charge < -0.3 is 4.74 Å². The summed E-state index contributed by atoms with van der Waals surface area (Å²) in [5, 5.41) is 0. The molecule has 3 aromatic heterocycles. The Labute approximate surface area is 176 Å². The Morgan fingerprint density at radius 2 is 1.62 bits per heavy atom. The highest BCUT2D eigenvalue weighted by molar-refractivity contribution is 5.76. The van der Waals surface area contributed by atoms with Gasteiger partial charge in [-0.05, 0) is 42.5 Å². The summed E-state index contributed by atoms with van der Waals surface area (Å²) < 4.78 is 87.2. The van der Waals surface area contributed by atoms with Crippen molar-refractivity contribution < 1.29 is 31.1 Å². The Hall–Kier alpha value is -3.83. The normalized spacial score (nSPS) is 12.2. The molecule has 3 heterocycles. The number of rotatable bonds is 4. The number of methoxy groups -OCH3 is 1. The first kappa shape index (κ1) is 21.4. The van der Waals surface area contributed by atoms with Crippen molar-refractivity contribution >= 4 is 23.0 Å². The summed E-state index contributed by atoms with van der Waals surface area (Å²) in [6.07, 6.45) is -5.76. The second-order valence-electron chi connectivity index (χ2n) is 6.53. The Balaban J connectivity index is 2.02. The molecule has 6 nitrogen and oxygen atoms in total. The first-order valence-corrected chi connectivity index (χ1v) is 8.96. The van der Waals surface area contributed by atoms with E-state index in [1.807, 2.05) is 0 Å². The van der Waals surface area contributed by atoms with E-state index in [1.165, 1.54) is 37.7 Å². The number of hydrogen-bond donors (Lipinski definition) is 0. The van der Waals surface area contributed by atoms with Crippen LogP contribution in [0, 0.1) is 0 Å². The molecule has 0 spiro atoms. The van der Waals surface area contributed by atoms with E-state index in [0.29, 0.717) is 0 Å². The van der Waals surface area contributed by atoms with Crippen molar-refractivity contribution in [2.45, 2.75) is 12.4 Å². The number of nitrogens with zero attached hydrogens (tertiary/aromatic N) is 5. The summed E-state index contributed by atoms with van der Waals surface area (Å²) in [5.74, 6) is -0.223. The van der Waals surface area contributed by atoms with Gasteiger partial charge >= 0.3 is 12.4 Å². The van der Waals surface area contributed by atoms with Gasteiger partial charge in [0.25, 0.3) is 0 Å². The van der Waals surface area contributed by atoms with Crippen molar-refractivity contribution in [3.63, 3.8) is 0 Å². The predicted octanol–water partition coefficient (Wildman–Crippen LogP) is 5.64. The number of halogens is 6. The molecule has 0 radical (unpaired) electrons. The molecular weight excluding hydrogens is 440 g/mol. The van der Waals surface area contributed by atoms with Crippen molar-refractivity contribution in [1.82, 2.24) is 19.4 Å². The number of imidazole rings is 1. The Morgan fingerprint density at radius 1 is 0.906 bits per heavy atom. The van der Waals surface area contributed by atoms with Crippen LogP contribution in [0.25, 0.3) is 5.65 Å². The van der Waals surface area contributed by atoms with Crippen LogP contribution in [0.1, 0.15) is 11.3 Å². The number of fused-ring (bicyclic) bond motifs is 1. The van der Waals surface area contributed by atoms with E-state index in [1.54, 1.807) is 0 Å². The first-order valence-electron chi connectivity index (χ1n) is 8.96. The fraction of sp³-hybridized carbons (Fsp3) is 0.150. The maximum atomic E-state index is 14.0. The minimum Gasteiger partial charge on any atom is -0.495 e. The number of ether oxygens (including phenoxy) is 1. The van der Waals surface area contributed by atoms with Gasteiger partial charge in [0.1, 0.15) is 23.5 Å². The maximum absolute atomic E-state index is 14.0. The Morgan fingerprint density at radius 3 is 2.19 bits per heavy atom. The standard InChI is InChI=1S/C20H13F6N5O/c1-32-14-6-7-16-29-17(20(24,25)26)18(30(16)10-14)31(15-8-9-27-11-28-15)13-4-2-12(3-5-13)19(21,22)23/h2-11H,1H3. The summed E-state index contributed by atoms with van der Waals surface area (Å²) in [6.45, 7) is 0. The Bertz CT molecular complexity index is 1240. The lowest BCUT2D eigenvalue weighted by atomic mass is 10.2. The summed E-state index contributed by atoms with van der Waals surface area (Å²) in [6, 6.07) is 7.79. The summed E-state index contributed by atoms with van der Waals surface area (Å²) in [5.41, 5.74) is -2.23. The van der Waals surface area contributed by atoms with E-state index in [2.05, 4.69) is 15.0 Å². The van der Waals surface area contributed by atoms with E-state index >= 15 is 0 Å². The minimum absolute atomic E-state index is 0.00474. The van der Waals surface area contributed by atoms with Crippen molar-refractivity contribution in [3.05, 3.63) is 72.4 Å². The van der Waals surface area contributed by atoms with Crippen LogP contribution in [-0.4, -0.2) is 26.5 Å². The van der Waals surface area contributed by atoms with E-state index in [0.717, 1.165) is 39.9 Å². The topological polar surface area (TPSA) is 55.5 Å². The van der Waals surface area contributed by atoms with Crippen LogP contribution in [0.2, 0.25) is 0 Å². The van der Waals surface area contributed by atoms with Crippen molar-refractivity contribution in [1.29, 1.82) is 0 Å². The van der Waals surface area contributed by atoms with Crippen LogP contribution in [0.15, 0.2) is 61.2 Å². The molecule has 4 aromatic rings. The second kappa shape index (κ2) is 7.70. The minimum atomic E-state index is -4.87. The third-order valence-corrected chi connectivity index (χ3v) is 4.53. The van der Waals surface area contributed by atoms with Gasteiger partial charge in [-0.3, -0.25) is 9.30 Å². The zero-order chi connectivity index (χ0) is 23.1. The van der Waals surface area contributed by atoms with Crippen LogP contribution >= 0.6 is 0 Å². The van der Waals surface area contributed by atoms with Crippen LogP contribution in [-0.2, 0) is 12.4 Å². The summed E-state index contributed by atoms with van der Waals surface area (Å²) in [7, 11) is 1.35. The average molecular weight is 453 g/mol. The van der Waals surface area contributed by atoms with E-state index in [4.69, 9.17) is 4.74 Å².